The van der Waals surface area contributed by atoms with E-state index in [9.17, 15) is 14.0 Å². The van der Waals surface area contributed by atoms with Crippen LogP contribution in [0.1, 0.15) is 15.2 Å². The van der Waals surface area contributed by atoms with Crippen molar-refractivity contribution in [2.24, 2.45) is 0 Å². The van der Waals surface area contributed by atoms with Gasteiger partial charge in [-0.05, 0) is 29.6 Å². The fourth-order valence-corrected chi connectivity index (χ4v) is 3.91. The smallest absolute Gasteiger partial charge is 0.256 e. The van der Waals surface area contributed by atoms with Crippen molar-refractivity contribution in [3.63, 3.8) is 0 Å². The van der Waals surface area contributed by atoms with E-state index in [1.165, 1.54) is 18.2 Å². The number of halogens is 2. The molecule has 1 aromatic carbocycles. The van der Waals surface area contributed by atoms with Gasteiger partial charge in [-0.15, -0.1) is 11.3 Å². The Morgan fingerprint density at radius 1 is 1.22 bits per heavy atom. The van der Waals surface area contributed by atoms with Crippen molar-refractivity contribution in [1.82, 2.24) is 14.7 Å². The molecule has 0 unspecified atom stereocenters. The van der Waals surface area contributed by atoms with Gasteiger partial charge in [-0.3, -0.25) is 14.5 Å². The van der Waals surface area contributed by atoms with Crippen LogP contribution in [0.4, 0.5) is 4.39 Å². The number of hydrogen-bond acceptors (Lipinski definition) is 4. The molecule has 0 bridgehead atoms. The van der Waals surface area contributed by atoms with Crippen molar-refractivity contribution >= 4 is 34.8 Å². The summed E-state index contributed by atoms with van der Waals surface area (Å²) in [6.07, 6.45) is 0. The topological polar surface area (TPSA) is 43.9 Å². The van der Waals surface area contributed by atoms with E-state index in [4.69, 9.17) is 11.6 Å². The number of amides is 2. The van der Waals surface area contributed by atoms with Crippen LogP contribution in [0.3, 0.4) is 0 Å². The first-order valence-corrected chi connectivity index (χ1v) is 9.93. The molecule has 0 atom stereocenters. The molecule has 1 saturated heterocycles. The molecule has 0 aliphatic carbocycles. The van der Waals surface area contributed by atoms with Gasteiger partial charge in [0.25, 0.3) is 5.91 Å². The summed E-state index contributed by atoms with van der Waals surface area (Å²) in [5.74, 6) is -0.892. The first-order valence-electron chi connectivity index (χ1n) is 8.67. The molecule has 1 aromatic heterocycles. The summed E-state index contributed by atoms with van der Waals surface area (Å²) in [6, 6.07) is 7.96. The number of piperazine rings is 1. The number of hydrogen-bond donors (Lipinski definition) is 0. The van der Waals surface area contributed by atoms with Crippen LogP contribution in [-0.4, -0.2) is 66.3 Å². The molecule has 3 rings (SSSR count). The third-order valence-corrected chi connectivity index (χ3v) is 5.67. The van der Waals surface area contributed by atoms with Crippen molar-refractivity contribution in [2.45, 2.75) is 6.54 Å². The molecule has 27 heavy (non-hydrogen) atoms. The van der Waals surface area contributed by atoms with Crippen LogP contribution in [-0.2, 0) is 11.3 Å². The van der Waals surface area contributed by atoms with Gasteiger partial charge >= 0.3 is 0 Å². The van der Waals surface area contributed by atoms with Gasteiger partial charge in [0.05, 0.1) is 18.7 Å². The zero-order valence-corrected chi connectivity index (χ0v) is 16.6. The summed E-state index contributed by atoms with van der Waals surface area (Å²) < 4.78 is 13.9. The maximum Gasteiger partial charge on any atom is 0.256 e. The van der Waals surface area contributed by atoms with E-state index in [1.807, 2.05) is 22.4 Å². The van der Waals surface area contributed by atoms with Crippen LogP contribution in [0.15, 0.2) is 35.7 Å². The van der Waals surface area contributed by atoms with E-state index in [-0.39, 0.29) is 17.4 Å². The van der Waals surface area contributed by atoms with Gasteiger partial charge in [0, 0.05) is 43.1 Å². The average molecular weight is 410 g/mol. The third kappa shape index (κ3) is 5.06. The lowest BCUT2D eigenvalue weighted by Gasteiger charge is -2.35. The second kappa shape index (κ2) is 8.82. The largest absolute Gasteiger partial charge is 0.340 e. The fourth-order valence-electron chi connectivity index (χ4n) is 2.98. The standard InChI is InChI=1S/C19H21ClFN3O2S/c1-22(12-15-3-2-10-27-15)18(25)13-23-6-8-24(9-7-23)19(26)16-11-14(20)4-5-17(16)21/h2-5,10-11H,6-9,12-13H2,1H3. The molecule has 1 aliphatic heterocycles. The number of nitrogens with zero attached hydrogens (tertiary/aromatic N) is 3. The van der Waals surface area contributed by atoms with E-state index in [0.717, 1.165) is 4.88 Å². The lowest BCUT2D eigenvalue weighted by atomic mass is 10.1. The summed E-state index contributed by atoms with van der Waals surface area (Å²) in [5, 5.41) is 2.32. The number of benzene rings is 1. The SMILES string of the molecule is CN(Cc1cccs1)C(=O)CN1CCN(C(=O)c2cc(Cl)ccc2F)CC1. The molecule has 5 nitrogen and oxygen atoms in total. The summed E-state index contributed by atoms with van der Waals surface area (Å²) in [7, 11) is 1.80. The maximum atomic E-state index is 13.9. The highest BCUT2D eigenvalue weighted by molar-refractivity contribution is 7.09. The Morgan fingerprint density at radius 3 is 2.63 bits per heavy atom. The number of likely N-dealkylation sites (N-methyl/N-ethyl adjacent to an activating group) is 1. The Kier molecular flexibility index (Phi) is 6.46. The van der Waals surface area contributed by atoms with E-state index in [2.05, 4.69) is 0 Å². The number of rotatable bonds is 5. The van der Waals surface area contributed by atoms with Gasteiger partial charge in [-0.2, -0.15) is 0 Å². The predicted octanol–water partition coefficient (Wildman–Crippen LogP) is 2.96. The highest BCUT2D eigenvalue weighted by Gasteiger charge is 2.25. The number of thiophene rings is 1. The highest BCUT2D eigenvalue weighted by atomic mass is 35.5. The second-order valence-corrected chi connectivity index (χ2v) is 7.99. The molecule has 0 saturated carbocycles. The molecular formula is C19H21ClFN3O2S. The lowest BCUT2D eigenvalue weighted by molar-refractivity contribution is -0.131. The minimum Gasteiger partial charge on any atom is -0.340 e. The normalized spacial score (nSPS) is 15.0. The molecule has 2 amide bonds. The van der Waals surface area contributed by atoms with Gasteiger partial charge in [-0.1, -0.05) is 17.7 Å². The van der Waals surface area contributed by atoms with Crippen LogP contribution in [0.5, 0.6) is 0 Å². The second-order valence-electron chi connectivity index (χ2n) is 6.52. The van der Waals surface area contributed by atoms with Crippen LogP contribution in [0.2, 0.25) is 5.02 Å². The third-order valence-electron chi connectivity index (χ3n) is 4.58. The van der Waals surface area contributed by atoms with Gasteiger partial charge in [0.15, 0.2) is 0 Å². The highest BCUT2D eigenvalue weighted by Crippen LogP contribution is 2.18. The molecule has 1 aliphatic rings. The van der Waals surface area contributed by atoms with E-state index in [1.54, 1.807) is 28.2 Å². The molecule has 144 valence electrons. The van der Waals surface area contributed by atoms with Crippen molar-refractivity contribution in [3.8, 4) is 0 Å². The summed E-state index contributed by atoms with van der Waals surface area (Å²) in [6.45, 7) is 2.97. The molecule has 1 fully saturated rings. The van der Waals surface area contributed by atoms with Crippen LogP contribution in [0, 0.1) is 5.82 Å². The number of carbonyl (C=O) groups is 2. The first kappa shape index (κ1) is 19.8. The number of carbonyl (C=O) groups excluding carboxylic acids is 2. The van der Waals surface area contributed by atoms with Crippen molar-refractivity contribution in [3.05, 3.63) is 57.0 Å². The Hall–Kier alpha value is -1.96. The Bertz CT molecular complexity index is 807. The van der Waals surface area contributed by atoms with Crippen LogP contribution >= 0.6 is 22.9 Å². The van der Waals surface area contributed by atoms with Gasteiger partial charge in [0.1, 0.15) is 5.82 Å². The van der Waals surface area contributed by atoms with Crippen molar-refractivity contribution in [2.75, 3.05) is 39.8 Å². The Balaban J connectivity index is 1.50. The monoisotopic (exact) mass is 409 g/mol. The minimum absolute atomic E-state index is 0.0114. The van der Waals surface area contributed by atoms with E-state index >= 15 is 0 Å². The first-order chi connectivity index (χ1) is 12.9. The molecule has 2 aromatic rings. The fraction of sp³-hybridized carbons (Fsp3) is 0.368. The zero-order valence-electron chi connectivity index (χ0n) is 15.0. The van der Waals surface area contributed by atoms with Gasteiger partial charge < -0.3 is 9.80 Å². The van der Waals surface area contributed by atoms with E-state index < -0.39 is 5.82 Å². The minimum atomic E-state index is -0.572. The Labute approximate surface area is 166 Å². The predicted molar refractivity (Wildman–Crippen MR) is 105 cm³/mol. The van der Waals surface area contributed by atoms with Crippen molar-refractivity contribution < 1.29 is 14.0 Å². The van der Waals surface area contributed by atoms with Gasteiger partial charge in [0.2, 0.25) is 5.91 Å². The zero-order chi connectivity index (χ0) is 19.4. The Morgan fingerprint density at radius 2 is 1.96 bits per heavy atom. The summed E-state index contributed by atoms with van der Waals surface area (Å²) in [4.78, 5) is 31.4. The molecule has 0 radical (unpaired) electrons. The van der Waals surface area contributed by atoms with Crippen LogP contribution in [0.25, 0.3) is 0 Å². The quantitative estimate of drug-likeness (QED) is 0.762. The van der Waals surface area contributed by atoms with Gasteiger partial charge in [-0.25, -0.2) is 4.39 Å². The molecular weight excluding hydrogens is 389 g/mol. The summed E-state index contributed by atoms with van der Waals surface area (Å²) in [5.41, 5.74) is -0.0114. The lowest BCUT2D eigenvalue weighted by Crippen LogP contribution is -2.51. The van der Waals surface area contributed by atoms with Crippen LogP contribution < -0.4 is 0 Å². The van der Waals surface area contributed by atoms with E-state index in [0.29, 0.717) is 44.3 Å². The summed E-state index contributed by atoms with van der Waals surface area (Å²) >= 11 is 7.50. The van der Waals surface area contributed by atoms with Crippen molar-refractivity contribution in [1.29, 1.82) is 0 Å². The molecule has 0 N–H and O–H groups in total. The molecule has 0 spiro atoms. The molecule has 2 heterocycles. The average Bonchev–Trinajstić information content (AvgIpc) is 3.16. The maximum absolute atomic E-state index is 13.9. The molecule has 8 heteroatoms.